The summed E-state index contributed by atoms with van der Waals surface area (Å²) in [5.41, 5.74) is 4.69. The van der Waals surface area contributed by atoms with Crippen molar-refractivity contribution in [1.82, 2.24) is 9.97 Å². The Morgan fingerprint density at radius 2 is 1.97 bits per heavy atom. The maximum absolute atomic E-state index is 12.7. The van der Waals surface area contributed by atoms with Crippen LogP contribution in [-0.2, 0) is 6.42 Å². The molecule has 2 amide bonds. The minimum Gasteiger partial charge on any atom is -0.440 e. The third-order valence-corrected chi connectivity index (χ3v) is 6.45. The molecule has 0 bridgehead atoms. The summed E-state index contributed by atoms with van der Waals surface area (Å²) in [6.07, 6.45) is 5.91. The van der Waals surface area contributed by atoms with Crippen molar-refractivity contribution in [2.24, 2.45) is 0 Å². The molecule has 4 aromatic rings. The van der Waals surface area contributed by atoms with Crippen molar-refractivity contribution in [3.63, 3.8) is 0 Å². The van der Waals surface area contributed by atoms with Gasteiger partial charge in [-0.15, -0.1) is 11.3 Å². The molecule has 8 heteroatoms. The van der Waals surface area contributed by atoms with E-state index in [4.69, 9.17) is 4.42 Å². The molecule has 5 rings (SSSR count). The smallest absolute Gasteiger partial charge is 0.325 e. The average Bonchev–Trinajstić information content (AvgIpc) is 3.41. The number of hydrogen-bond donors (Lipinski definition) is 2. The second kappa shape index (κ2) is 9.00. The number of aromatic nitrogens is 2. The minimum absolute atomic E-state index is 0.296. The fraction of sp³-hybridized carbons (Fsp3) is 0.292. The number of carbonyl (C=O) groups excluding carboxylic acids is 1. The zero-order valence-electron chi connectivity index (χ0n) is 17.9. The van der Waals surface area contributed by atoms with Crippen LogP contribution in [0.4, 0.5) is 21.3 Å². The molecule has 0 unspecified atom stereocenters. The number of urea groups is 1. The summed E-state index contributed by atoms with van der Waals surface area (Å²) in [5, 5.41) is 6.40. The number of nitrogens with one attached hydrogen (secondary N) is 2. The van der Waals surface area contributed by atoms with E-state index >= 15 is 0 Å². The molecule has 2 aromatic heterocycles. The van der Waals surface area contributed by atoms with Gasteiger partial charge in [0.05, 0.1) is 17.8 Å². The Hall–Kier alpha value is -3.39. The fourth-order valence-corrected chi connectivity index (χ4v) is 4.78. The number of carbonyl (C=O) groups is 1. The Morgan fingerprint density at radius 3 is 2.81 bits per heavy atom. The summed E-state index contributed by atoms with van der Waals surface area (Å²) >= 11 is 1.42. The second-order valence-corrected chi connectivity index (χ2v) is 9.15. The van der Waals surface area contributed by atoms with Gasteiger partial charge in [-0.25, -0.2) is 14.8 Å². The predicted octanol–water partition coefficient (Wildman–Crippen LogP) is 5.82. The van der Waals surface area contributed by atoms with E-state index in [2.05, 4.69) is 38.5 Å². The van der Waals surface area contributed by atoms with Crippen LogP contribution < -0.4 is 15.5 Å². The first kappa shape index (κ1) is 20.5. The number of thiazole rings is 1. The van der Waals surface area contributed by atoms with Gasteiger partial charge >= 0.3 is 6.03 Å². The minimum atomic E-state index is -0.296. The monoisotopic (exact) mass is 447 g/mol. The molecular formula is C24H25N5O2S. The van der Waals surface area contributed by atoms with E-state index in [0.717, 1.165) is 40.4 Å². The lowest BCUT2D eigenvalue weighted by Crippen LogP contribution is -2.31. The van der Waals surface area contributed by atoms with E-state index in [-0.39, 0.29) is 6.03 Å². The van der Waals surface area contributed by atoms with E-state index in [1.54, 1.807) is 6.20 Å². The van der Waals surface area contributed by atoms with Crippen molar-refractivity contribution >= 4 is 45.0 Å². The first-order valence-electron chi connectivity index (χ1n) is 10.9. The van der Waals surface area contributed by atoms with Crippen LogP contribution in [0, 0.1) is 6.92 Å². The van der Waals surface area contributed by atoms with Crippen molar-refractivity contribution in [2.45, 2.75) is 32.6 Å². The molecule has 2 N–H and O–H groups in total. The molecule has 1 aliphatic rings. The highest BCUT2D eigenvalue weighted by Crippen LogP contribution is 2.30. The highest BCUT2D eigenvalue weighted by molar-refractivity contribution is 7.15. The third kappa shape index (κ3) is 4.60. The van der Waals surface area contributed by atoms with E-state index in [1.165, 1.54) is 36.2 Å². The number of anilines is 3. The molecular weight excluding hydrogens is 422 g/mol. The second-order valence-electron chi connectivity index (χ2n) is 8.03. The van der Waals surface area contributed by atoms with Crippen LogP contribution in [0.2, 0.25) is 0 Å². The number of benzene rings is 2. The first-order chi connectivity index (χ1) is 15.6. The van der Waals surface area contributed by atoms with Crippen molar-refractivity contribution in [2.75, 3.05) is 28.6 Å². The number of rotatable bonds is 5. The Labute approximate surface area is 190 Å². The molecule has 1 aliphatic heterocycles. The standard InChI is InChI=1S/C24H25N5O2S/c1-16-9-10-18(20(13-16)29-11-5-2-6-12-29)27-23(30)28-24-25-15-17(32-24)14-22-26-19-7-3-4-8-21(19)31-22/h3-4,7-10,13,15H,2,5-6,11-12,14H2,1H3,(H2,25,27,28,30). The Morgan fingerprint density at radius 1 is 1.12 bits per heavy atom. The van der Waals surface area contributed by atoms with E-state index in [0.29, 0.717) is 17.4 Å². The van der Waals surface area contributed by atoms with Gasteiger partial charge in [-0.2, -0.15) is 0 Å². The highest BCUT2D eigenvalue weighted by atomic mass is 32.1. The zero-order chi connectivity index (χ0) is 21.9. The van der Waals surface area contributed by atoms with Crippen molar-refractivity contribution < 1.29 is 9.21 Å². The molecule has 164 valence electrons. The van der Waals surface area contributed by atoms with Crippen LogP contribution in [-0.4, -0.2) is 29.1 Å². The molecule has 32 heavy (non-hydrogen) atoms. The zero-order valence-corrected chi connectivity index (χ0v) is 18.7. The predicted molar refractivity (Wildman–Crippen MR) is 129 cm³/mol. The number of oxazole rings is 1. The number of nitrogens with zero attached hydrogens (tertiary/aromatic N) is 3. The van der Waals surface area contributed by atoms with Crippen LogP contribution >= 0.6 is 11.3 Å². The van der Waals surface area contributed by atoms with Gasteiger partial charge in [0.2, 0.25) is 5.89 Å². The van der Waals surface area contributed by atoms with Crippen molar-refractivity contribution in [3.05, 3.63) is 65.0 Å². The van der Waals surface area contributed by atoms with Gasteiger partial charge in [-0.1, -0.05) is 18.2 Å². The molecule has 0 spiro atoms. The van der Waals surface area contributed by atoms with Crippen LogP contribution in [0.5, 0.6) is 0 Å². The molecule has 0 atom stereocenters. The van der Waals surface area contributed by atoms with Crippen molar-refractivity contribution in [3.8, 4) is 0 Å². The number of hydrogen-bond acceptors (Lipinski definition) is 6. The number of para-hydroxylation sites is 2. The molecule has 0 aliphatic carbocycles. The lowest BCUT2D eigenvalue weighted by atomic mass is 10.1. The van der Waals surface area contributed by atoms with E-state index in [1.807, 2.05) is 36.4 Å². The molecule has 7 nitrogen and oxygen atoms in total. The number of amides is 2. The summed E-state index contributed by atoms with van der Waals surface area (Å²) in [7, 11) is 0. The van der Waals surface area contributed by atoms with Crippen LogP contribution in [0.3, 0.4) is 0 Å². The lowest BCUT2D eigenvalue weighted by molar-refractivity contribution is 0.262. The fourth-order valence-electron chi connectivity index (χ4n) is 3.99. The maximum atomic E-state index is 12.7. The lowest BCUT2D eigenvalue weighted by Gasteiger charge is -2.30. The molecule has 0 saturated carbocycles. The van der Waals surface area contributed by atoms with Gasteiger partial charge in [0.1, 0.15) is 5.52 Å². The van der Waals surface area contributed by atoms with Gasteiger partial charge in [-0.3, -0.25) is 5.32 Å². The maximum Gasteiger partial charge on any atom is 0.325 e. The molecule has 0 radical (unpaired) electrons. The summed E-state index contributed by atoms with van der Waals surface area (Å²) in [5.74, 6) is 0.636. The number of fused-ring (bicyclic) bond motifs is 1. The van der Waals surface area contributed by atoms with E-state index < -0.39 is 0 Å². The normalized spacial score (nSPS) is 14.0. The summed E-state index contributed by atoms with van der Waals surface area (Å²) in [6.45, 7) is 4.11. The Balaban J connectivity index is 1.25. The van der Waals surface area contributed by atoms with Gasteiger partial charge in [0.15, 0.2) is 10.7 Å². The topological polar surface area (TPSA) is 83.3 Å². The van der Waals surface area contributed by atoms with Crippen molar-refractivity contribution in [1.29, 1.82) is 0 Å². The number of aryl methyl sites for hydroxylation is 1. The average molecular weight is 448 g/mol. The van der Waals surface area contributed by atoms with Gasteiger partial charge in [0.25, 0.3) is 0 Å². The highest BCUT2D eigenvalue weighted by Gasteiger charge is 2.17. The largest absolute Gasteiger partial charge is 0.440 e. The Bertz CT molecular complexity index is 1210. The van der Waals surface area contributed by atoms with Crippen LogP contribution in [0.1, 0.15) is 35.6 Å². The third-order valence-electron chi connectivity index (χ3n) is 5.54. The quantitative estimate of drug-likeness (QED) is 0.403. The Kier molecular flexibility index (Phi) is 5.77. The molecule has 1 saturated heterocycles. The van der Waals surface area contributed by atoms with E-state index in [9.17, 15) is 4.79 Å². The molecule has 2 aromatic carbocycles. The van der Waals surface area contributed by atoms with Gasteiger partial charge < -0.3 is 14.6 Å². The molecule has 1 fully saturated rings. The summed E-state index contributed by atoms with van der Waals surface area (Å²) in [6, 6.07) is 13.5. The summed E-state index contributed by atoms with van der Waals surface area (Å²) < 4.78 is 5.79. The first-order valence-corrected chi connectivity index (χ1v) is 11.7. The van der Waals surface area contributed by atoms with Crippen LogP contribution in [0.25, 0.3) is 11.1 Å². The van der Waals surface area contributed by atoms with Gasteiger partial charge in [0, 0.05) is 24.2 Å². The summed E-state index contributed by atoms with van der Waals surface area (Å²) in [4.78, 5) is 24.8. The number of piperidine rings is 1. The van der Waals surface area contributed by atoms with Crippen LogP contribution in [0.15, 0.2) is 53.1 Å². The SMILES string of the molecule is Cc1ccc(NC(=O)Nc2ncc(Cc3nc4ccccc4o3)s2)c(N2CCCCC2)c1. The van der Waals surface area contributed by atoms with Gasteiger partial charge in [-0.05, 0) is 56.0 Å². The molecule has 3 heterocycles.